The number of likely N-dealkylation sites (tertiary alicyclic amines) is 1. The lowest BCUT2D eigenvalue weighted by atomic mass is 9.89. The van der Waals surface area contributed by atoms with Crippen molar-refractivity contribution in [1.29, 1.82) is 0 Å². The third-order valence-electron chi connectivity index (χ3n) is 5.40. The molecule has 1 amide bonds. The van der Waals surface area contributed by atoms with Gasteiger partial charge in [0.05, 0.1) is 0 Å². The summed E-state index contributed by atoms with van der Waals surface area (Å²) in [4.78, 5) is 26.9. The van der Waals surface area contributed by atoms with Crippen molar-refractivity contribution < 1.29 is 4.79 Å². The number of carbonyl (C=O) groups excluding carboxylic acids is 1. The molecule has 5 heterocycles. The van der Waals surface area contributed by atoms with E-state index in [0.717, 1.165) is 18.5 Å². The summed E-state index contributed by atoms with van der Waals surface area (Å²) in [7, 11) is 0. The molecule has 4 aromatic heterocycles. The zero-order chi connectivity index (χ0) is 18.4. The van der Waals surface area contributed by atoms with Gasteiger partial charge < -0.3 is 9.88 Å². The highest BCUT2D eigenvalue weighted by Gasteiger charge is 2.29. The van der Waals surface area contributed by atoms with Crippen LogP contribution in [0.2, 0.25) is 5.15 Å². The van der Waals surface area contributed by atoms with Crippen LogP contribution in [-0.2, 0) is 0 Å². The van der Waals surface area contributed by atoms with Crippen LogP contribution >= 0.6 is 11.6 Å². The van der Waals surface area contributed by atoms with Gasteiger partial charge in [-0.15, -0.1) is 0 Å². The highest BCUT2D eigenvalue weighted by atomic mass is 35.5. The largest absolute Gasteiger partial charge is 0.346 e. The van der Waals surface area contributed by atoms with E-state index in [4.69, 9.17) is 11.6 Å². The fourth-order valence-corrected chi connectivity index (χ4v) is 4.28. The minimum absolute atomic E-state index is 0.0576. The second-order valence-electron chi connectivity index (χ2n) is 6.89. The molecule has 0 atom stereocenters. The third-order valence-corrected chi connectivity index (χ3v) is 5.66. The molecule has 6 nitrogen and oxygen atoms in total. The van der Waals surface area contributed by atoms with E-state index in [0.29, 0.717) is 30.3 Å². The monoisotopic (exact) mass is 379 g/mol. The molecule has 1 aliphatic rings. The van der Waals surface area contributed by atoms with E-state index in [-0.39, 0.29) is 11.1 Å². The second kappa shape index (κ2) is 6.39. The topological polar surface area (TPSA) is 66.3 Å². The quantitative estimate of drug-likeness (QED) is 0.574. The number of H-pyrrole nitrogens is 1. The summed E-state index contributed by atoms with van der Waals surface area (Å²) < 4.78 is 1.77. The van der Waals surface area contributed by atoms with Gasteiger partial charge in [0.15, 0.2) is 10.8 Å². The molecule has 0 bridgehead atoms. The number of pyridine rings is 2. The number of carbonyl (C=O) groups is 1. The Hall–Kier alpha value is -2.86. The molecule has 0 saturated carbocycles. The van der Waals surface area contributed by atoms with Crippen LogP contribution in [0.1, 0.15) is 34.8 Å². The van der Waals surface area contributed by atoms with Crippen LogP contribution in [0.15, 0.2) is 48.9 Å². The molecular weight excluding hydrogens is 362 g/mol. The molecule has 0 unspecified atom stereocenters. The first kappa shape index (κ1) is 16.3. The van der Waals surface area contributed by atoms with Gasteiger partial charge in [-0.05, 0) is 48.6 Å². The lowest BCUT2D eigenvalue weighted by Gasteiger charge is -2.32. The van der Waals surface area contributed by atoms with Crippen molar-refractivity contribution in [3.05, 3.63) is 65.3 Å². The Labute approximate surface area is 160 Å². The normalized spacial score (nSPS) is 15.7. The summed E-state index contributed by atoms with van der Waals surface area (Å²) >= 11 is 6.27. The predicted molar refractivity (Wildman–Crippen MR) is 104 cm³/mol. The van der Waals surface area contributed by atoms with Gasteiger partial charge in [-0.1, -0.05) is 17.7 Å². The van der Waals surface area contributed by atoms with Crippen LogP contribution in [0.4, 0.5) is 0 Å². The van der Waals surface area contributed by atoms with Gasteiger partial charge in [0.2, 0.25) is 0 Å². The number of amides is 1. The number of fused-ring (bicyclic) bond motifs is 2. The van der Waals surface area contributed by atoms with Crippen LogP contribution < -0.4 is 0 Å². The zero-order valence-electron chi connectivity index (χ0n) is 14.6. The number of imidazole rings is 1. The van der Waals surface area contributed by atoms with E-state index in [2.05, 4.69) is 27.2 Å². The Bertz CT molecular complexity index is 1140. The minimum Gasteiger partial charge on any atom is -0.346 e. The number of aromatic amines is 1. The van der Waals surface area contributed by atoms with Gasteiger partial charge in [0.1, 0.15) is 11.3 Å². The zero-order valence-corrected chi connectivity index (χ0v) is 15.4. The van der Waals surface area contributed by atoms with Crippen molar-refractivity contribution >= 4 is 34.2 Å². The van der Waals surface area contributed by atoms with Crippen molar-refractivity contribution in [3.8, 4) is 0 Å². The van der Waals surface area contributed by atoms with Crippen molar-refractivity contribution in [3.63, 3.8) is 0 Å². The van der Waals surface area contributed by atoms with E-state index in [9.17, 15) is 4.79 Å². The van der Waals surface area contributed by atoms with Crippen LogP contribution in [0.5, 0.6) is 0 Å². The molecule has 27 heavy (non-hydrogen) atoms. The molecule has 7 heteroatoms. The Morgan fingerprint density at radius 3 is 2.89 bits per heavy atom. The number of hydrogen-bond donors (Lipinski definition) is 1. The highest BCUT2D eigenvalue weighted by molar-refractivity contribution is 6.32. The lowest BCUT2D eigenvalue weighted by molar-refractivity contribution is 0.0706. The number of nitrogens with zero attached hydrogens (tertiary/aromatic N) is 4. The minimum atomic E-state index is -0.0576. The Balaban J connectivity index is 1.37. The van der Waals surface area contributed by atoms with Crippen LogP contribution in [0, 0.1) is 0 Å². The van der Waals surface area contributed by atoms with Gasteiger partial charge in [-0.25, -0.2) is 9.97 Å². The van der Waals surface area contributed by atoms with Gasteiger partial charge in [0.25, 0.3) is 5.91 Å². The second-order valence-corrected chi connectivity index (χ2v) is 7.25. The maximum Gasteiger partial charge on any atom is 0.274 e. The van der Waals surface area contributed by atoms with E-state index >= 15 is 0 Å². The van der Waals surface area contributed by atoms with Crippen molar-refractivity contribution in [1.82, 2.24) is 24.3 Å². The molecule has 136 valence electrons. The average molecular weight is 380 g/mol. The number of hydrogen-bond acceptors (Lipinski definition) is 3. The first-order valence-electron chi connectivity index (χ1n) is 9.06. The smallest absolute Gasteiger partial charge is 0.274 e. The van der Waals surface area contributed by atoms with E-state index in [1.54, 1.807) is 10.6 Å². The van der Waals surface area contributed by atoms with Gasteiger partial charge in [-0.3, -0.25) is 9.20 Å². The van der Waals surface area contributed by atoms with Crippen LogP contribution in [-0.4, -0.2) is 43.2 Å². The van der Waals surface area contributed by atoms with E-state index in [1.807, 2.05) is 35.4 Å². The van der Waals surface area contributed by atoms with E-state index < -0.39 is 0 Å². The predicted octanol–water partition coefficient (Wildman–Crippen LogP) is 3.88. The molecule has 1 saturated heterocycles. The first-order valence-corrected chi connectivity index (χ1v) is 9.44. The highest BCUT2D eigenvalue weighted by Crippen LogP contribution is 2.33. The molecule has 0 aromatic carbocycles. The van der Waals surface area contributed by atoms with Crippen molar-refractivity contribution in [2.24, 2.45) is 0 Å². The van der Waals surface area contributed by atoms with E-state index in [1.165, 1.54) is 10.9 Å². The Morgan fingerprint density at radius 2 is 2.04 bits per heavy atom. The summed E-state index contributed by atoms with van der Waals surface area (Å²) in [5.41, 5.74) is 3.34. The van der Waals surface area contributed by atoms with Gasteiger partial charge >= 0.3 is 0 Å². The molecule has 0 radical (unpaired) electrons. The van der Waals surface area contributed by atoms with Gasteiger partial charge in [-0.2, -0.15) is 0 Å². The van der Waals surface area contributed by atoms with Crippen molar-refractivity contribution in [2.75, 3.05) is 13.1 Å². The van der Waals surface area contributed by atoms with Crippen molar-refractivity contribution in [2.45, 2.75) is 18.8 Å². The molecule has 0 spiro atoms. The Morgan fingerprint density at radius 1 is 1.19 bits per heavy atom. The maximum atomic E-state index is 13.1. The summed E-state index contributed by atoms with van der Waals surface area (Å²) in [5, 5.41) is 1.43. The molecular formula is C20H18ClN5O. The molecule has 1 fully saturated rings. The molecule has 1 N–H and O–H groups in total. The number of halogens is 1. The number of nitrogens with one attached hydrogen (secondary N) is 1. The SMILES string of the molecule is O=C(c1c(Cl)nc2ccccn12)N1CCC(c2c[nH]c3ncccc23)CC1. The number of rotatable bonds is 2. The average Bonchev–Trinajstić information content (AvgIpc) is 3.28. The fraction of sp³-hybridized carbons (Fsp3) is 0.250. The summed E-state index contributed by atoms with van der Waals surface area (Å²) in [5.74, 6) is 0.363. The van der Waals surface area contributed by atoms with Crippen LogP contribution in [0.25, 0.3) is 16.7 Å². The summed E-state index contributed by atoms with van der Waals surface area (Å²) in [6.45, 7) is 1.40. The van der Waals surface area contributed by atoms with Crippen LogP contribution in [0.3, 0.4) is 0 Å². The molecule has 0 aliphatic carbocycles. The van der Waals surface area contributed by atoms with Gasteiger partial charge in [0, 0.05) is 37.1 Å². The Kier molecular flexibility index (Phi) is 3.86. The first-order chi connectivity index (χ1) is 13.2. The summed E-state index contributed by atoms with van der Waals surface area (Å²) in [6.07, 6.45) is 7.52. The maximum absolute atomic E-state index is 13.1. The summed E-state index contributed by atoms with van der Waals surface area (Å²) in [6, 6.07) is 9.67. The molecule has 5 rings (SSSR count). The molecule has 1 aliphatic heterocycles. The lowest BCUT2D eigenvalue weighted by Crippen LogP contribution is -2.38. The standard InChI is InChI=1S/C20H18ClN5O/c21-18-17(26-9-2-1-5-16(26)24-18)20(27)25-10-6-13(7-11-25)15-12-23-19-14(15)4-3-8-22-19/h1-5,8-9,12-13H,6-7,10-11H2,(H,22,23). The number of piperidine rings is 1. The molecule has 4 aromatic rings. The fourth-order valence-electron chi connectivity index (χ4n) is 4.02. The number of aromatic nitrogens is 4. The third kappa shape index (κ3) is 2.68.